The van der Waals surface area contributed by atoms with Gasteiger partial charge in [0, 0.05) is 5.56 Å². The Hall–Kier alpha value is -3.03. The van der Waals surface area contributed by atoms with Crippen LogP contribution in [-0.2, 0) is 22.4 Å². The van der Waals surface area contributed by atoms with Crippen molar-refractivity contribution >= 4 is 17.7 Å². The van der Waals surface area contributed by atoms with E-state index in [2.05, 4.69) is 0 Å². The number of hydrogen-bond acceptors (Lipinski definition) is 5. The Labute approximate surface area is 150 Å². The summed E-state index contributed by atoms with van der Waals surface area (Å²) in [5.41, 5.74) is 3.17. The number of aliphatic hydroxyl groups is 1. The van der Waals surface area contributed by atoms with E-state index in [-0.39, 0.29) is 37.5 Å². The van der Waals surface area contributed by atoms with Crippen LogP contribution in [0, 0.1) is 0 Å². The Morgan fingerprint density at radius 2 is 1.38 bits per heavy atom. The van der Waals surface area contributed by atoms with E-state index in [1.54, 1.807) is 24.3 Å². The minimum atomic E-state index is -0.650. The van der Waals surface area contributed by atoms with Gasteiger partial charge in [-0.05, 0) is 23.3 Å². The average Bonchev–Trinajstić information content (AvgIpc) is 2.66. The van der Waals surface area contributed by atoms with Crippen LogP contribution < -0.4 is 5.48 Å². The van der Waals surface area contributed by atoms with Crippen LogP contribution in [0.3, 0.4) is 0 Å². The molecule has 2 rings (SSSR count). The SMILES string of the molecule is O=C(NO)c1ccc(CC(=O)N(CCO)C(=O)Cc2ccccc2)cc1. The molecule has 136 valence electrons. The van der Waals surface area contributed by atoms with Crippen LogP contribution in [0.1, 0.15) is 21.5 Å². The highest BCUT2D eigenvalue weighted by Crippen LogP contribution is 2.09. The van der Waals surface area contributed by atoms with Crippen LogP contribution in [0.15, 0.2) is 54.6 Å². The molecule has 0 aliphatic heterocycles. The molecule has 3 N–H and O–H groups in total. The first-order valence-corrected chi connectivity index (χ1v) is 8.06. The quantitative estimate of drug-likeness (QED) is 0.506. The van der Waals surface area contributed by atoms with E-state index in [1.165, 1.54) is 17.6 Å². The van der Waals surface area contributed by atoms with Crippen molar-refractivity contribution in [2.75, 3.05) is 13.2 Å². The Balaban J connectivity index is 2.05. The Bertz CT molecular complexity index is 759. The summed E-state index contributed by atoms with van der Waals surface area (Å²) in [6.07, 6.45) is 0.0315. The second kappa shape index (κ2) is 9.45. The van der Waals surface area contributed by atoms with E-state index in [1.807, 2.05) is 18.2 Å². The van der Waals surface area contributed by atoms with Gasteiger partial charge in [-0.3, -0.25) is 24.5 Å². The Morgan fingerprint density at radius 1 is 0.846 bits per heavy atom. The molecule has 26 heavy (non-hydrogen) atoms. The summed E-state index contributed by atoms with van der Waals surface area (Å²) in [4.78, 5) is 37.3. The third kappa shape index (κ3) is 5.23. The van der Waals surface area contributed by atoms with Gasteiger partial charge in [0.05, 0.1) is 26.0 Å². The van der Waals surface area contributed by atoms with Crippen molar-refractivity contribution in [2.45, 2.75) is 12.8 Å². The lowest BCUT2D eigenvalue weighted by Crippen LogP contribution is -2.40. The van der Waals surface area contributed by atoms with Crippen LogP contribution in [0.4, 0.5) is 0 Å². The van der Waals surface area contributed by atoms with E-state index < -0.39 is 11.8 Å². The highest BCUT2D eigenvalue weighted by molar-refractivity contribution is 5.97. The summed E-state index contributed by atoms with van der Waals surface area (Å²) in [6, 6.07) is 15.1. The highest BCUT2D eigenvalue weighted by Gasteiger charge is 2.21. The zero-order valence-corrected chi connectivity index (χ0v) is 14.1. The fraction of sp³-hybridized carbons (Fsp3) is 0.211. The fourth-order valence-electron chi connectivity index (χ4n) is 2.46. The maximum absolute atomic E-state index is 12.5. The van der Waals surface area contributed by atoms with Gasteiger partial charge in [-0.2, -0.15) is 0 Å². The van der Waals surface area contributed by atoms with Crippen LogP contribution in [0.25, 0.3) is 0 Å². The van der Waals surface area contributed by atoms with Gasteiger partial charge in [-0.25, -0.2) is 5.48 Å². The van der Waals surface area contributed by atoms with Crippen LogP contribution in [0.5, 0.6) is 0 Å². The maximum Gasteiger partial charge on any atom is 0.274 e. The molecule has 0 bridgehead atoms. The number of benzene rings is 2. The van der Waals surface area contributed by atoms with Crippen LogP contribution >= 0.6 is 0 Å². The zero-order valence-electron chi connectivity index (χ0n) is 14.1. The number of amides is 3. The van der Waals surface area contributed by atoms with Gasteiger partial charge in [-0.1, -0.05) is 42.5 Å². The average molecular weight is 356 g/mol. The molecule has 0 fully saturated rings. The predicted molar refractivity (Wildman–Crippen MR) is 93.4 cm³/mol. The van der Waals surface area contributed by atoms with Gasteiger partial charge < -0.3 is 5.11 Å². The second-order valence-electron chi connectivity index (χ2n) is 5.64. The zero-order chi connectivity index (χ0) is 18.9. The maximum atomic E-state index is 12.5. The van der Waals surface area contributed by atoms with Crippen molar-refractivity contribution in [3.05, 3.63) is 71.3 Å². The van der Waals surface area contributed by atoms with Crippen molar-refractivity contribution < 1.29 is 24.7 Å². The summed E-state index contributed by atoms with van der Waals surface area (Å²) < 4.78 is 0. The molecule has 2 aromatic rings. The molecule has 3 amide bonds. The van der Waals surface area contributed by atoms with Gasteiger partial charge in [0.1, 0.15) is 0 Å². The first-order valence-electron chi connectivity index (χ1n) is 8.06. The number of rotatable bonds is 7. The third-order valence-electron chi connectivity index (χ3n) is 3.80. The standard InChI is InChI=1S/C19H20N2O5/c22-11-10-21(17(23)12-14-4-2-1-3-5-14)18(24)13-15-6-8-16(9-7-15)19(25)20-26/h1-9,22,26H,10-13H2,(H,20,25). The topological polar surface area (TPSA) is 107 Å². The molecule has 0 heterocycles. The van der Waals surface area contributed by atoms with E-state index in [0.717, 1.165) is 10.5 Å². The van der Waals surface area contributed by atoms with Crippen molar-refractivity contribution in [2.24, 2.45) is 0 Å². The summed E-state index contributed by atoms with van der Waals surface area (Å²) in [5.74, 6) is -1.46. The lowest BCUT2D eigenvalue weighted by atomic mass is 10.1. The molecular formula is C19H20N2O5. The smallest absolute Gasteiger partial charge is 0.274 e. The Kier molecular flexibility index (Phi) is 7.02. The number of imide groups is 1. The lowest BCUT2D eigenvalue weighted by molar-refractivity contribution is -0.144. The van der Waals surface area contributed by atoms with Crippen molar-refractivity contribution in [3.63, 3.8) is 0 Å². The normalized spacial score (nSPS) is 10.2. The van der Waals surface area contributed by atoms with E-state index in [9.17, 15) is 19.5 Å². The molecule has 0 saturated carbocycles. The molecule has 0 radical (unpaired) electrons. The summed E-state index contributed by atoms with van der Waals surface area (Å²) in [5, 5.41) is 17.8. The van der Waals surface area contributed by atoms with Gasteiger partial charge in [0.25, 0.3) is 5.91 Å². The van der Waals surface area contributed by atoms with Gasteiger partial charge in [-0.15, -0.1) is 0 Å². The fourth-order valence-corrected chi connectivity index (χ4v) is 2.46. The molecule has 2 aromatic carbocycles. The number of carbonyl (C=O) groups excluding carboxylic acids is 3. The number of nitrogens with one attached hydrogen (secondary N) is 1. The predicted octanol–water partition coefficient (Wildman–Crippen LogP) is 0.938. The van der Waals surface area contributed by atoms with Gasteiger partial charge in [0.2, 0.25) is 11.8 Å². The van der Waals surface area contributed by atoms with E-state index >= 15 is 0 Å². The van der Waals surface area contributed by atoms with Crippen molar-refractivity contribution in [1.29, 1.82) is 0 Å². The van der Waals surface area contributed by atoms with E-state index in [0.29, 0.717) is 5.56 Å². The molecule has 0 aliphatic carbocycles. The lowest BCUT2D eigenvalue weighted by Gasteiger charge is -2.20. The summed E-state index contributed by atoms with van der Waals surface area (Å²) in [6.45, 7) is -0.391. The molecule has 0 aromatic heterocycles. The van der Waals surface area contributed by atoms with Crippen LogP contribution in [0.2, 0.25) is 0 Å². The number of hydrogen-bond donors (Lipinski definition) is 3. The van der Waals surface area contributed by atoms with Crippen molar-refractivity contribution in [1.82, 2.24) is 10.4 Å². The minimum absolute atomic E-state index is 0.0401. The van der Waals surface area contributed by atoms with E-state index in [4.69, 9.17) is 5.21 Å². The number of nitrogens with zero attached hydrogens (tertiary/aromatic N) is 1. The molecule has 0 unspecified atom stereocenters. The largest absolute Gasteiger partial charge is 0.395 e. The minimum Gasteiger partial charge on any atom is -0.395 e. The van der Waals surface area contributed by atoms with Crippen molar-refractivity contribution in [3.8, 4) is 0 Å². The summed E-state index contributed by atoms with van der Waals surface area (Å²) >= 11 is 0. The number of aliphatic hydroxyl groups excluding tert-OH is 1. The first-order chi connectivity index (χ1) is 12.5. The molecule has 0 aliphatic rings. The molecule has 0 spiro atoms. The van der Waals surface area contributed by atoms with Crippen LogP contribution in [-0.4, -0.2) is 46.1 Å². The molecule has 0 atom stereocenters. The molecule has 0 saturated heterocycles. The second-order valence-corrected chi connectivity index (χ2v) is 5.64. The number of carbonyl (C=O) groups is 3. The highest BCUT2D eigenvalue weighted by atomic mass is 16.5. The van der Waals surface area contributed by atoms with Gasteiger partial charge in [0.15, 0.2) is 0 Å². The van der Waals surface area contributed by atoms with Gasteiger partial charge >= 0.3 is 0 Å². The third-order valence-corrected chi connectivity index (χ3v) is 3.80. The molecule has 7 nitrogen and oxygen atoms in total. The first kappa shape index (κ1) is 19.3. The Morgan fingerprint density at radius 3 is 1.88 bits per heavy atom. The summed E-state index contributed by atoms with van der Waals surface area (Å²) in [7, 11) is 0. The molecular weight excluding hydrogens is 336 g/mol. The monoisotopic (exact) mass is 356 g/mol. The number of hydroxylamine groups is 1. The molecule has 7 heteroatoms.